The van der Waals surface area contributed by atoms with Gasteiger partial charge in [-0.05, 0) is 32.1 Å². The van der Waals surface area contributed by atoms with Crippen LogP contribution in [0.5, 0.6) is 0 Å². The van der Waals surface area contributed by atoms with Crippen LogP contribution in [0.15, 0.2) is 24.3 Å². The quantitative estimate of drug-likeness (QED) is 0.215. The Kier molecular flexibility index (Phi) is 15.4. The maximum atomic E-state index is 10.2. The predicted molar refractivity (Wildman–Crippen MR) is 87.2 cm³/mol. The van der Waals surface area contributed by atoms with E-state index in [1.165, 1.54) is 0 Å². The first kappa shape index (κ1) is 20.9. The molecule has 0 rings (SSSR count). The highest BCUT2D eigenvalue weighted by molar-refractivity contribution is 5.63. The van der Waals surface area contributed by atoms with Crippen LogP contribution in [0.1, 0.15) is 77.6 Å². The highest BCUT2D eigenvalue weighted by Crippen LogP contribution is 2.09. The fraction of sp³-hybridized carbons (Fsp3) is 0.722. The highest BCUT2D eigenvalue weighted by Gasteiger charge is 2.02. The number of hydrogen-bond donors (Lipinski definition) is 1. The van der Waals surface area contributed by atoms with Crippen LogP contribution in [0.2, 0.25) is 0 Å². The number of unbranched alkanes of at least 4 members (excludes halogenated alkanes) is 7. The van der Waals surface area contributed by atoms with Gasteiger partial charge in [0, 0.05) is 5.97 Å². The molecule has 4 heteroatoms. The van der Waals surface area contributed by atoms with E-state index in [0.29, 0.717) is 0 Å². The number of carboxylic acid groups (broad SMARTS) is 1. The first-order valence-electron chi connectivity index (χ1n) is 8.54. The molecule has 4 nitrogen and oxygen atoms in total. The molecule has 1 N–H and O–H groups in total. The minimum atomic E-state index is -0.949. The summed E-state index contributed by atoms with van der Waals surface area (Å²) in [5.41, 5.74) is 0. The van der Waals surface area contributed by atoms with Crippen molar-refractivity contribution in [2.24, 2.45) is 0 Å². The van der Waals surface area contributed by atoms with E-state index in [-0.39, 0.29) is 12.5 Å². The lowest BCUT2D eigenvalue weighted by molar-refractivity contribution is -0.305. The molecular weight excluding hydrogens is 280 g/mol. The standard InChI is InChI=1S/C18H32O4/c1-2-3-11-14-17(22-21)15-12-9-7-5-4-6-8-10-13-16-18(19)20/h7,9,12,15,17,21H,2-6,8,10-11,13-14,16H2,1H3,(H,19,20)/p-1/b9-7-,15-12+/t17-/m0/s1. The van der Waals surface area contributed by atoms with Gasteiger partial charge in [0.05, 0.1) is 0 Å². The number of carbonyl (C=O) groups excluding carboxylic acids is 1. The summed E-state index contributed by atoms with van der Waals surface area (Å²) < 4.78 is 0. The van der Waals surface area contributed by atoms with Crippen molar-refractivity contribution >= 4 is 5.97 Å². The summed E-state index contributed by atoms with van der Waals surface area (Å²) in [4.78, 5) is 14.7. The molecule has 0 saturated carbocycles. The number of carbonyl (C=O) groups is 1. The highest BCUT2D eigenvalue weighted by atomic mass is 17.1. The number of allylic oxidation sites excluding steroid dienone is 3. The average molecular weight is 311 g/mol. The van der Waals surface area contributed by atoms with Gasteiger partial charge < -0.3 is 9.90 Å². The van der Waals surface area contributed by atoms with Crippen molar-refractivity contribution in [2.75, 3.05) is 0 Å². The van der Waals surface area contributed by atoms with Gasteiger partial charge >= 0.3 is 0 Å². The van der Waals surface area contributed by atoms with Gasteiger partial charge in [-0.2, -0.15) is 0 Å². The molecule has 0 aromatic heterocycles. The first-order valence-corrected chi connectivity index (χ1v) is 8.54. The monoisotopic (exact) mass is 311 g/mol. The molecule has 0 fully saturated rings. The Balaban J connectivity index is 3.51. The molecule has 0 saturated heterocycles. The van der Waals surface area contributed by atoms with Gasteiger partial charge in [0.15, 0.2) is 0 Å². The Morgan fingerprint density at radius 3 is 2.50 bits per heavy atom. The van der Waals surface area contributed by atoms with Gasteiger partial charge in [-0.3, -0.25) is 5.26 Å². The van der Waals surface area contributed by atoms with Crippen LogP contribution >= 0.6 is 0 Å². The summed E-state index contributed by atoms with van der Waals surface area (Å²) in [6, 6.07) is 0. The summed E-state index contributed by atoms with van der Waals surface area (Å²) in [6.07, 6.45) is 18.1. The summed E-state index contributed by atoms with van der Waals surface area (Å²) in [5, 5.41) is 19.0. The molecule has 0 aliphatic rings. The van der Waals surface area contributed by atoms with Crippen LogP contribution in [-0.4, -0.2) is 17.3 Å². The van der Waals surface area contributed by atoms with E-state index in [0.717, 1.165) is 64.2 Å². The summed E-state index contributed by atoms with van der Waals surface area (Å²) in [6.45, 7) is 2.15. The van der Waals surface area contributed by atoms with E-state index in [9.17, 15) is 9.90 Å². The number of carboxylic acids is 1. The van der Waals surface area contributed by atoms with Crippen molar-refractivity contribution in [2.45, 2.75) is 83.7 Å². The van der Waals surface area contributed by atoms with Crippen LogP contribution in [0.25, 0.3) is 0 Å². The number of aliphatic carboxylic acids is 1. The molecule has 0 bridgehead atoms. The number of rotatable bonds is 15. The van der Waals surface area contributed by atoms with E-state index >= 15 is 0 Å². The maximum Gasteiger partial charge on any atom is 0.111 e. The Morgan fingerprint density at radius 1 is 1.09 bits per heavy atom. The molecule has 128 valence electrons. The molecule has 0 heterocycles. The van der Waals surface area contributed by atoms with Crippen LogP contribution in [-0.2, 0) is 9.68 Å². The zero-order valence-corrected chi connectivity index (χ0v) is 13.8. The predicted octanol–water partition coefficient (Wildman–Crippen LogP) is 4.02. The molecule has 0 unspecified atom stereocenters. The van der Waals surface area contributed by atoms with Gasteiger partial charge in [-0.1, -0.05) is 69.8 Å². The van der Waals surface area contributed by atoms with Crippen LogP contribution < -0.4 is 5.11 Å². The topological polar surface area (TPSA) is 69.6 Å². The van der Waals surface area contributed by atoms with E-state index in [1.807, 2.05) is 18.2 Å². The molecule has 0 aromatic rings. The SMILES string of the molecule is CCCCC[C@@H](/C=C/C=C\CCCCCCCC(=O)[O-])OO. The van der Waals surface area contributed by atoms with Gasteiger partial charge in [0.25, 0.3) is 0 Å². The average Bonchev–Trinajstić information content (AvgIpc) is 2.50. The van der Waals surface area contributed by atoms with E-state index in [2.05, 4.69) is 17.9 Å². The van der Waals surface area contributed by atoms with Crippen molar-refractivity contribution in [1.82, 2.24) is 0 Å². The fourth-order valence-corrected chi connectivity index (χ4v) is 2.20. The molecule has 0 radical (unpaired) electrons. The Morgan fingerprint density at radius 2 is 1.82 bits per heavy atom. The summed E-state index contributed by atoms with van der Waals surface area (Å²) >= 11 is 0. The number of hydrogen-bond acceptors (Lipinski definition) is 4. The second-order valence-corrected chi connectivity index (χ2v) is 5.63. The van der Waals surface area contributed by atoms with Crippen molar-refractivity contribution in [3.8, 4) is 0 Å². The van der Waals surface area contributed by atoms with Crippen molar-refractivity contribution < 1.29 is 20.0 Å². The van der Waals surface area contributed by atoms with E-state index in [4.69, 9.17) is 5.26 Å². The Hall–Kier alpha value is -1.13. The van der Waals surface area contributed by atoms with Crippen LogP contribution in [0, 0.1) is 0 Å². The normalized spacial score (nSPS) is 13.2. The Labute approximate surface area is 134 Å². The minimum absolute atomic E-state index is 0.178. The van der Waals surface area contributed by atoms with E-state index in [1.54, 1.807) is 0 Å². The van der Waals surface area contributed by atoms with Crippen molar-refractivity contribution in [3.05, 3.63) is 24.3 Å². The van der Waals surface area contributed by atoms with Crippen molar-refractivity contribution in [3.63, 3.8) is 0 Å². The zero-order valence-electron chi connectivity index (χ0n) is 13.8. The largest absolute Gasteiger partial charge is 0.550 e. The third-order valence-corrected chi connectivity index (χ3v) is 3.55. The lowest BCUT2D eigenvalue weighted by Gasteiger charge is -2.07. The van der Waals surface area contributed by atoms with Gasteiger partial charge in [-0.15, -0.1) is 0 Å². The fourth-order valence-electron chi connectivity index (χ4n) is 2.20. The lowest BCUT2D eigenvalue weighted by Crippen LogP contribution is -2.21. The van der Waals surface area contributed by atoms with E-state index < -0.39 is 5.97 Å². The van der Waals surface area contributed by atoms with Gasteiger partial charge in [0.2, 0.25) is 0 Å². The second-order valence-electron chi connectivity index (χ2n) is 5.63. The van der Waals surface area contributed by atoms with Crippen LogP contribution in [0.3, 0.4) is 0 Å². The van der Waals surface area contributed by atoms with Gasteiger partial charge in [-0.25, -0.2) is 4.89 Å². The summed E-state index contributed by atoms with van der Waals surface area (Å²) in [7, 11) is 0. The second kappa shape index (κ2) is 16.2. The molecule has 1 atom stereocenters. The zero-order chi connectivity index (χ0) is 16.5. The van der Waals surface area contributed by atoms with Crippen LogP contribution in [0.4, 0.5) is 0 Å². The smallest absolute Gasteiger partial charge is 0.111 e. The molecule has 0 aromatic carbocycles. The maximum absolute atomic E-state index is 10.2. The first-order chi connectivity index (χ1) is 10.7. The molecule has 0 aliphatic carbocycles. The Bertz CT molecular complexity index is 310. The van der Waals surface area contributed by atoms with Crippen molar-refractivity contribution in [1.29, 1.82) is 0 Å². The molecule has 0 aliphatic heterocycles. The molecule has 0 spiro atoms. The third-order valence-electron chi connectivity index (χ3n) is 3.55. The molecular formula is C18H31O4-. The summed E-state index contributed by atoms with van der Waals surface area (Å²) in [5.74, 6) is -0.949. The lowest BCUT2D eigenvalue weighted by atomic mass is 10.1. The van der Waals surface area contributed by atoms with Gasteiger partial charge in [0.1, 0.15) is 6.10 Å². The minimum Gasteiger partial charge on any atom is -0.550 e. The molecule has 0 amide bonds. The molecule has 22 heavy (non-hydrogen) atoms. The third kappa shape index (κ3) is 15.3.